The summed E-state index contributed by atoms with van der Waals surface area (Å²) in [7, 11) is 1.67. The largest absolute Gasteiger partial charge is 0.497 e. The van der Waals surface area contributed by atoms with Crippen LogP contribution < -0.4 is 10.1 Å². The smallest absolute Gasteiger partial charge is 0.230 e. The molecule has 1 aliphatic carbocycles. The van der Waals surface area contributed by atoms with E-state index in [-0.39, 0.29) is 11.3 Å². The molecule has 3 aromatic rings. The Kier molecular flexibility index (Phi) is 3.96. The van der Waals surface area contributed by atoms with E-state index in [2.05, 4.69) is 28.5 Å². The van der Waals surface area contributed by atoms with Crippen LogP contribution in [0.5, 0.6) is 5.75 Å². The average molecular weight is 334 g/mol. The molecule has 0 radical (unpaired) electrons. The highest BCUT2D eigenvalue weighted by Gasteiger charge is 2.52. The summed E-state index contributed by atoms with van der Waals surface area (Å²) in [5.41, 5.74) is 3.03. The highest BCUT2D eigenvalue weighted by atomic mass is 16.5. The summed E-state index contributed by atoms with van der Waals surface area (Å²) in [6.45, 7) is 0.635. The molecule has 1 aliphatic rings. The Balaban J connectivity index is 1.44. The zero-order valence-electron chi connectivity index (χ0n) is 14.3. The number of H-pyrrole nitrogens is 1. The topological polar surface area (TPSA) is 54.1 Å². The number of carbonyl (C=O) groups is 1. The van der Waals surface area contributed by atoms with Crippen molar-refractivity contribution in [3.63, 3.8) is 0 Å². The fraction of sp³-hybridized carbons (Fsp3) is 0.286. The number of benzene rings is 2. The molecule has 0 aliphatic heterocycles. The van der Waals surface area contributed by atoms with Gasteiger partial charge in [0.25, 0.3) is 0 Å². The number of methoxy groups -OCH3 is 1. The molecule has 4 heteroatoms. The van der Waals surface area contributed by atoms with Gasteiger partial charge in [0.1, 0.15) is 5.75 Å². The van der Waals surface area contributed by atoms with E-state index >= 15 is 0 Å². The molecule has 4 rings (SSSR count). The Hall–Kier alpha value is -2.75. The maximum absolute atomic E-state index is 12.8. The van der Waals surface area contributed by atoms with Crippen LogP contribution in [-0.4, -0.2) is 24.5 Å². The predicted molar refractivity (Wildman–Crippen MR) is 98.9 cm³/mol. The zero-order valence-corrected chi connectivity index (χ0v) is 14.3. The first-order valence-electron chi connectivity index (χ1n) is 8.71. The summed E-state index contributed by atoms with van der Waals surface area (Å²) in [6, 6.07) is 16.1. The molecule has 128 valence electrons. The van der Waals surface area contributed by atoms with Crippen molar-refractivity contribution in [3.05, 3.63) is 65.9 Å². The van der Waals surface area contributed by atoms with Crippen LogP contribution in [0.1, 0.15) is 24.0 Å². The van der Waals surface area contributed by atoms with Crippen LogP contribution in [0.2, 0.25) is 0 Å². The summed E-state index contributed by atoms with van der Waals surface area (Å²) in [4.78, 5) is 16.1. The zero-order chi connectivity index (χ0) is 17.3. The van der Waals surface area contributed by atoms with Crippen molar-refractivity contribution in [2.75, 3.05) is 13.7 Å². The highest BCUT2D eigenvalue weighted by Crippen LogP contribution is 2.50. The first-order valence-corrected chi connectivity index (χ1v) is 8.71. The number of aromatic amines is 1. The lowest BCUT2D eigenvalue weighted by Crippen LogP contribution is -2.35. The molecule has 0 bridgehead atoms. The van der Waals surface area contributed by atoms with Gasteiger partial charge in [-0.25, -0.2) is 0 Å². The monoisotopic (exact) mass is 334 g/mol. The number of fused-ring (bicyclic) bond motifs is 1. The van der Waals surface area contributed by atoms with Crippen molar-refractivity contribution in [2.45, 2.75) is 24.7 Å². The number of hydrogen-bond acceptors (Lipinski definition) is 2. The van der Waals surface area contributed by atoms with Gasteiger partial charge >= 0.3 is 0 Å². The minimum Gasteiger partial charge on any atom is -0.497 e. The number of aromatic nitrogens is 1. The van der Waals surface area contributed by atoms with Crippen LogP contribution >= 0.6 is 0 Å². The Morgan fingerprint density at radius 2 is 2.04 bits per heavy atom. The summed E-state index contributed by atoms with van der Waals surface area (Å²) in [5.74, 6) is 0.987. The van der Waals surface area contributed by atoms with Crippen molar-refractivity contribution in [3.8, 4) is 5.75 Å². The van der Waals surface area contributed by atoms with E-state index in [0.29, 0.717) is 6.54 Å². The molecular weight excluding hydrogens is 312 g/mol. The molecule has 2 N–H and O–H groups in total. The minimum atomic E-state index is -0.353. The van der Waals surface area contributed by atoms with Crippen molar-refractivity contribution in [1.82, 2.24) is 10.3 Å². The molecule has 1 amide bonds. The fourth-order valence-electron chi connectivity index (χ4n) is 3.53. The van der Waals surface area contributed by atoms with Crippen molar-refractivity contribution in [2.24, 2.45) is 0 Å². The summed E-state index contributed by atoms with van der Waals surface area (Å²) in [6.07, 6.45) is 4.63. The SMILES string of the molecule is COc1cccc(CCNC(=O)C2(c3c[nH]c4ccccc34)CC2)c1. The first kappa shape index (κ1) is 15.8. The number of ether oxygens (including phenoxy) is 1. The second-order valence-electron chi connectivity index (χ2n) is 6.69. The van der Waals surface area contributed by atoms with E-state index in [4.69, 9.17) is 4.74 Å². The van der Waals surface area contributed by atoms with E-state index in [1.807, 2.05) is 36.5 Å². The Bertz CT molecular complexity index is 909. The summed E-state index contributed by atoms with van der Waals surface area (Å²) in [5, 5.41) is 4.29. The van der Waals surface area contributed by atoms with Gasteiger partial charge in [-0.05, 0) is 48.6 Å². The van der Waals surface area contributed by atoms with Crippen molar-refractivity contribution >= 4 is 16.8 Å². The second kappa shape index (κ2) is 6.28. The Morgan fingerprint density at radius 3 is 2.84 bits per heavy atom. The van der Waals surface area contributed by atoms with E-state index in [1.54, 1.807) is 7.11 Å². The molecular formula is C21H22N2O2. The summed E-state index contributed by atoms with van der Waals surface area (Å²) >= 11 is 0. The Morgan fingerprint density at radius 1 is 1.20 bits per heavy atom. The van der Waals surface area contributed by atoms with Gasteiger partial charge < -0.3 is 15.0 Å². The third kappa shape index (κ3) is 2.88. The highest BCUT2D eigenvalue weighted by molar-refractivity contribution is 5.97. The van der Waals surface area contributed by atoms with Crippen molar-refractivity contribution < 1.29 is 9.53 Å². The molecule has 0 spiro atoms. The van der Waals surface area contributed by atoms with Crippen molar-refractivity contribution in [1.29, 1.82) is 0 Å². The van der Waals surface area contributed by atoms with Gasteiger partial charge in [0.2, 0.25) is 5.91 Å². The predicted octanol–water partition coefficient (Wildman–Crippen LogP) is 3.57. The summed E-state index contributed by atoms with van der Waals surface area (Å²) < 4.78 is 5.25. The van der Waals surface area contributed by atoms with Gasteiger partial charge in [-0.15, -0.1) is 0 Å². The van der Waals surface area contributed by atoms with Crippen LogP contribution in [0.25, 0.3) is 10.9 Å². The first-order chi connectivity index (χ1) is 12.2. The van der Waals surface area contributed by atoms with Crippen LogP contribution in [0.4, 0.5) is 0 Å². The maximum Gasteiger partial charge on any atom is 0.230 e. The number of hydrogen-bond donors (Lipinski definition) is 2. The van der Waals surface area contributed by atoms with Gasteiger partial charge in [0.05, 0.1) is 12.5 Å². The Labute approximate surface area is 147 Å². The molecule has 1 saturated carbocycles. The van der Waals surface area contributed by atoms with Crippen LogP contribution in [-0.2, 0) is 16.6 Å². The number of nitrogens with one attached hydrogen (secondary N) is 2. The van der Waals surface area contributed by atoms with Crippen LogP contribution in [0.3, 0.4) is 0 Å². The second-order valence-corrected chi connectivity index (χ2v) is 6.69. The van der Waals surface area contributed by atoms with Gasteiger partial charge in [-0.1, -0.05) is 30.3 Å². The van der Waals surface area contributed by atoms with E-state index in [1.165, 1.54) is 0 Å². The number of rotatable bonds is 6. The molecule has 0 saturated heterocycles. The average Bonchev–Trinajstić information content (AvgIpc) is 3.35. The van der Waals surface area contributed by atoms with Gasteiger partial charge in [0.15, 0.2) is 0 Å². The molecule has 0 atom stereocenters. The van der Waals surface area contributed by atoms with Gasteiger partial charge in [0, 0.05) is 23.6 Å². The fourth-order valence-corrected chi connectivity index (χ4v) is 3.53. The third-order valence-electron chi connectivity index (χ3n) is 5.12. The number of carbonyl (C=O) groups excluding carboxylic acids is 1. The minimum absolute atomic E-state index is 0.139. The number of amides is 1. The normalized spacial score (nSPS) is 15.1. The quantitative estimate of drug-likeness (QED) is 0.724. The lowest BCUT2D eigenvalue weighted by Gasteiger charge is -2.15. The van der Waals surface area contributed by atoms with Crippen LogP contribution in [0.15, 0.2) is 54.7 Å². The van der Waals surface area contributed by atoms with E-state index < -0.39 is 0 Å². The lowest BCUT2D eigenvalue weighted by molar-refractivity contribution is -0.123. The van der Waals surface area contributed by atoms with Gasteiger partial charge in [-0.3, -0.25) is 4.79 Å². The van der Waals surface area contributed by atoms with Gasteiger partial charge in [-0.2, -0.15) is 0 Å². The molecule has 25 heavy (non-hydrogen) atoms. The number of para-hydroxylation sites is 1. The molecule has 1 fully saturated rings. The molecule has 1 aromatic heterocycles. The molecule has 4 nitrogen and oxygen atoms in total. The van der Waals surface area contributed by atoms with E-state index in [9.17, 15) is 4.79 Å². The molecule has 2 aromatic carbocycles. The van der Waals surface area contributed by atoms with Crippen LogP contribution in [0, 0.1) is 0 Å². The lowest BCUT2D eigenvalue weighted by atomic mass is 9.94. The van der Waals surface area contributed by atoms with E-state index in [0.717, 1.165) is 47.0 Å². The third-order valence-corrected chi connectivity index (χ3v) is 5.12. The molecule has 1 heterocycles. The standard InChI is InChI=1S/C21H22N2O2/c1-25-16-6-4-5-15(13-16)9-12-22-20(24)21(10-11-21)18-14-23-19-8-3-2-7-17(18)19/h2-8,13-14,23H,9-12H2,1H3,(H,22,24). The maximum atomic E-state index is 12.8. The molecule has 0 unspecified atom stereocenters.